The first kappa shape index (κ1) is 35.3. The maximum atomic E-state index is 13.9. The number of piperazine rings is 1. The molecule has 0 saturated carbocycles. The second kappa shape index (κ2) is 15.3. The summed E-state index contributed by atoms with van der Waals surface area (Å²) in [6.45, 7) is 17.6. The summed E-state index contributed by atoms with van der Waals surface area (Å²) >= 11 is 0. The number of piperidine rings is 1. The summed E-state index contributed by atoms with van der Waals surface area (Å²) in [5.41, 5.74) is 1.67. The number of likely N-dealkylation sites (tertiary alicyclic amines) is 1. The van der Waals surface area contributed by atoms with Gasteiger partial charge in [-0.3, -0.25) is 9.69 Å². The Morgan fingerprint density at radius 2 is 1.48 bits per heavy atom. The zero-order valence-corrected chi connectivity index (χ0v) is 28.8. The molecule has 2 aromatic carbocycles. The highest BCUT2D eigenvalue weighted by Gasteiger charge is 2.41. The lowest BCUT2D eigenvalue weighted by Gasteiger charge is -2.50. The molecule has 1 unspecified atom stereocenters. The highest BCUT2D eigenvalue weighted by atomic mass is 16.6. The molecule has 0 aromatic heterocycles. The summed E-state index contributed by atoms with van der Waals surface area (Å²) in [4.78, 5) is 44.5. The number of esters is 1. The fourth-order valence-electron chi connectivity index (χ4n) is 6.43. The normalized spacial score (nSPS) is 19.0. The highest BCUT2D eigenvalue weighted by Crippen LogP contribution is 2.36. The molecule has 0 spiro atoms. The van der Waals surface area contributed by atoms with Gasteiger partial charge >= 0.3 is 12.1 Å². The van der Waals surface area contributed by atoms with E-state index in [-0.39, 0.29) is 48.0 Å². The molecule has 0 bridgehead atoms. The van der Waals surface area contributed by atoms with Crippen molar-refractivity contribution >= 4 is 18.0 Å². The van der Waals surface area contributed by atoms with E-state index in [0.29, 0.717) is 38.4 Å². The van der Waals surface area contributed by atoms with Crippen LogP contribution >= 0.6 is 0 Å². The molecule has 9 nitrogen and oxygen atoms in total. The van der Waals surface area contributed by atoms with Crippen molar-refractivity contribution in [2.75, 3.05) is 45.9 Å². The van der Waals surface area contributed by atoms with Crippen molar-refractivity contribution in [3.05, 3.63) is 65.7 Å². The Hall–Kier alpha value is -3.59. The Labute approximate surface area is 275 Å². The molecule has 2 aromatic rings. The number of carbonyl (C=O) groups is 3. The average molecular weight is 636 g/mol. The number of hydrogen-bond donors (Lipinski definition) is 0. The molecule has 2 heterocycles. The summed E-state index contributed by atoms with van der Waals surface area (Å²) in [7, 11) is 0. The van der Waals surface area contributed by atoms with Crippen LogP contribution in [0.2, 0.25) is 0 Å². The van der Waals surface area contributed by atoms with Crippen LogP contribution in [0.15, 0.2) is 54.6 Å². The molecule has 0 radical (unpaired) electrons. The molecule has 2 aliphatic heterocycles. The van der Waals surface area contributed by atoms with Crippen molar-refractivity contribution in [1.29, 1.82) is 0 Å². The van der Waals surface area contributed by atoms with E-state index in [0.717, 1.165) is 31.5 Å². The molecule has 2 saturated heterocycles. The Kier molecular flexibility index (Phi) is 11.8. The molecular weight excluding hydrogens is 582 g/mol. The molecular formula is C37H53N3O6. The zero-order chi connectivity index (χ0) is 33.5. The topological polar surface area (TPSA) is 88.6 Å². The first-order chi connectivity index (χ1) is 21.7. The first-order valence-electron chi connectivity index (χ1n) is 16.7. The lowest BCUT2D eigenvalue weighted by molar-refractivity contribution is -0.145. The van der Waals surface area contributed by atoms with Crippen LogP contribution in [-0.2, 0) is 19.1 Å². The number of amides is 2. The van der Waals surface area contributed by atoms with Crippen LogP contribution in [0.25, 0.3) is 0 Å². The number of ether oxygens (including phenoxy) is 3. The van der Waals surface area contributed by atoms with Crippen LogP contribution in [0.5, 0.6) is 5.75 Å². The van der Waals surface area contributed by atoms with Crippen molar-refractivity contribution < 1.29 is 28.6 Å². The van der Waals surface area contributed by atoms with Gasteiger partial charge in [0.25, 0.3) is 0 Å². The van der Waals surface area contributed by atoms with Gasteiger partial charge in [0, 0.05) is 45.2 Å². The SMILES string of the molecule is CCOC(=O)COc1ccc(C(c2ccccc2)N2CCN(C(=O)CC3CCN(C(=O)OC(C)(C)C)CC3)[C@@H](C(C)(C)C)C2)cc1. The van der Waals surface area contributed by atoms with Crippen molar-refractivity contribution in [3.8, 4) is 5.75 Å². The van der Waals surface area contributed by atoms with E-state index in [4.69, 9.17) is 14.2 Å². The summed E-state index contributed by atoms with van der Waals surface area (Å²) in [5, 5.41) is 0. The fraction of sp³-hybridized carbons (Fsp3) is 0.595. The van der Waals surface area contributed by atoms with Crippen molar-refractivity contribution in [3.63, 3.8) is 0 Å². The van der Waals surface area contributed by atoms with Gasteiger partial charge in [-0.05, 0) is 75.1 Å². The lowest BCUT2D eigenvalue weighted by atomic mass is 9.82. The molecule has 2 atom stereocenters. The predicted molar refractivity (Wildman–Crippen MR) is 179 cm³/mol. The van der Waals surface area contributed by atoms with Gasteiger partial charge in [0.2, 0.25) is 5.91 Å². The van der Waals surface area contributed by atoms with Crippen LogP contribution in [-0.4, -0.2) is 90.2 Å². The van der Waals surface area contributed by atoms with Crippen molar-refractivity contribution in [2.24, 2.45) is 11.3 Å². The summed E-state index contributed by atoms with van der Waals surface area (Å²) in [6.07, 6.45) is 1.85. The quantitative estimate of drug-likeness (QED) is 0.298. The van der Waals surface area contributed by atoms with Gasteiger partial charge in [0.1, 0.15) is 11.4 Å². The van der Waals surface area contributed by atoms with Crippen molar-refractivity contribution in [2.45, 2.75) is 85.4 Å². The van der Waals surface area contributed by atoms with Gasteiger partial charge in [0.15, 0.2) is 6.61 Å². The van der Waals surface area contributed by atoms with Crippen LogP contribution in [0.3, 0.4) is 0 Å². The second-order valence-electron chi connectivity index (χ2n) is 14.6. The third-order valence-corrected chi connectivity index (χ3v) is 8.80. The number of nitrogens with zero attached hydrogens (tertiary/aromatic N) is 3. The smallest absolute Gasteiger partial charge is 0.410 e. The van der Waals surface area contributed by atoms with E-state index < -0.39 is 5.60 Å². The Morgan fingerprint density at radius 1 is 0.848 bits per heavy atom. The maximum Gasteiger partial charge on any atom is 0.410 e. The Morgan fingerprint density at radius 3 is 2.07 bits per heavy atom. The predicted octanol–water partition coefficient (Wildman–Crippen LogP) is 6.31. The number of hydrogen-bond acceptors (Lipinski definition) is 7. The number of rotatable bonds is 9. The molecule has 2 fully saturated rings. The van der Waals surface area contributed by atoms with E-state index >= 15 is 0 Å². The zero-order valence-electron chi connectivity index (χ0n) is 28.8. The molecule has 252 valence electrons. The monoisotopic (exact) mass is 635 g/mol. The fourth-order valence-corrected chi connectivity index (χ4v) is 6.43. The summed E-state index contributed by atoms with van der Waals surface area (Å²) < 4.78 is 16.2. The molecule has 4 rings (SSSR count). The van der Waals surface area contributed by atoms with Crippen LogP contribution < -0.4 is 4.74 Å². The van der Waals surface area contributed by atoms with Gasteiger partial charge < -0.3 is 24.0 Å². The van der Waals surface area contributed by atoms with Gasteiger partial charge in [0.05, 0.1) is 12.6 Å². The largest absolute Gasteiger partial charge is 0.482 e. The third-order valence-electron chi connectivity index (χ3n) is 8.80. The van der Waals surface area contributed by atoms with E-state index in [9.17, 15) is 14.4 Å². The van der Waals surface area contributed by atoms with Gasteiger partial charge in [-0.1, -0.05) is 63.2 Å². The van der Waals surface area contributed by atoms with E-state index in [2.05, 4.69) is 67.0 Å². The molecule has 0 aliphatic carbocycles. The van der Waals surface area contributed by atoms with E-state index in [1.807, 2.05) is 39.0 Å². The molecule has 9 heteroatoms. The molecule has 2 aliphatic rings. The number of benzene rings is 2. The highest BCUT2D eigenvalue weighted by molar-refractivity contribution is 5.77. The minimum absolute atomic E-state index is 0.000379. The molecule has 0 N–H and O–H groups in total. The van der Waals surface area contributed by atoms with Crippen LogP contribution in [0.1, 0.15) is 84.9 Å². The molecule has 46 heavy (non-hydrogen) atoms. The molecule has 2 amide bonds. The first-order valence-corrected chi connectivity index (χ1v) is 16.7. The standard InChI is InChI=1S/C37H53N3O6/c1-8-44-33(42)26-45-30-16-14-29(15-17-30)34(28-12-10-9-11-13-28)39-22-23-40(31(25-39)36(2,3)4)32(41)24-27-18-20-38(21-19-27)35(43)46-37(5,6)7/h9-17,27,31,34H,8,18-26H2,1-7H3/t31-,34?/m1/s1. The minimum atomic E-state index is -0.517. The lowest BCUT2D eigenvalue weighted by Crippen LogP contribution is -2.60. The number of carbonyl (C=O) groups excluding carboxylic acids is 3. The van der Waals surface area contributed by atoms with Crippen molar-refractivity contribution in [1.82, 2.24) is 14.7 Å². The maximum absolute atomic E-state index is 13.9. The van der Waals surface area contributed by atoms with E-state index in [1.54, 1.807) is 11.8 Å². The van der Waals surface area contributed by atoms with Gasteiger partial charge in [-0.25, -0.2) is 9.59 Å². The van der Waals surface area contributed by atoms with E-state index in [1.165, 1.54) is 5.56 Å². The van der Waals surface area contributed by atoms with Gasteiger partial charge in [-0.2, -0.15) is 0 Å². The van der Waals surface area contributed by atoms with Crippen LogP contribution in [0.4, 0.5) is 4.79 Å². The Bertz CT molecular complexity index is 1290. The van der Waals surface area contributed by atoms with Crippen LogP contribution in [0, 0.1) is 11.3 Å². The van der Waals surface area contributed by atoms with Gasteiger partial charge in [-0.15, -0.1) is 0 Å². The minimum Gasteiger partial charge on any atom is -0.482 e. The second-order valence-corrected chi connectivity index (χ2v) is 14.6. The third kappa shape index (κ3) is 9.71. The summed E-state index contributed by atoms with van der Waals surface area (Å²) in [6, 6.07) is 18.4. The average Bonchev–Trinajstić information content (AvgIpc) is 3.00. The summed E-state index contributed by atoms with van der Waals surface area (Å²) in [5.74, 6) is 0.685. The Balaban J connectivity index is 1.44.